The van der Waals surface area contributed by atoms with E-state index in [0.717, 1.165) is 28.2 Å². The van der Waals surface area contributed by atoms with Gasteiger partial charge >= 0.3 is 0 Å². The highest BCUT2D eigenvalue weighted by Crippen LogP contribution is 2.21. The quantitative estimate of drug-likeness (QED) is 0.421. The zero-order chi connectivity index (χ0) is 21.6. The molecule has 2 aromatic heterocycles. The molecule has 0 spiro atoms. The van der Waals surface area contributed by atoms with Gasteiger partial charge < -0.3 is 5.32 Å². The van der Waals surface area contributed by atoms with Gasteiger partial charge in [-0.05, 0) is 42.9 Å². The topological polar surface area (TPSA) is 75.6 Å². The highest BCUT2D eigenvalue weighted by atomic mass is 32.1. The summed E-state index contributed by atoms with van der Waals surface area (Å²) in [6.45, 7) is 2.46. The molecule has 156 valence electrons. The summed E-state index contributed by atoms with van der Waals surface area (Å²) in [5.74, 6) is 0.642. The molecule has 1 amide bonds. The number of nitrogens with zero attached hydrogens (tertiary/aromatic N) is 3. The van der Waals surface area contributed by atoms with E-state index < -0.39 is 0 Å². The molecular formula is C24H23N5OS. The Labute approximate surface area is 186 Å². The minimum atomic E-state index is -0.316. The van der Waals surface area contributed by atoms with Crippen molar-refractivity contribution >= 4 is 18.1 Å². The predicted octanol–water partition coefficient (Wildman–Crippen LogP) is 4.61. The van der Waals surface area contributed by atoms with E-state index in [1.807, 2.05) is 84.3 Å². The number of hydrogen-bond donors (Lipinski definition) is 2. The maximum Gasteiger partial charge on any atom is 0.222 e. The highest BCUT2D eigenvalue weighted by Gasteiger charge is 2.18. The Balaban J connectivity index is 1.51. The van der Waals surface area contributed by atoms with Crippen molar-refractivity contribution in [1.82, 2.24) is 25.1 Å². The van der Waals surface area contributed by atoms with Crippen LogP contribution < -0.4 is 5.32 Å². The van der Waals surface area contributed by atoms with Gasteiger partial charge in [-0.1, -0.05) is 60.2 Å². The molecule has 2 heterocycles. The van der Waals surface area contributed by atoms with Crippen LogP contribution in [0.5, 0.6) is 0 Å². The number of nitrogens with one attached hydrogen (secondary N) is 2. The SMILES string of the molecule is Cc1cccc(-c2n[nH]c(=S)n2CCC(=O)NC(c2ccccc2)c2ccccn2)c1. The van der Waals surface area contributed by atoms with Crippen molar-refractivity contribution < 1.29 is 4.79 Å². The monoisotopic (exact) mass is 429 g/mol. The van der Waals surface area contributed by atoms with Crippen LogP contribution in [0.2, 0.25) is 0 Å². The van der Waals surface area contributed by atoms with Crippen LogP contribution in [0, 0.1) is 11.7 Å². The third-order valence-corrected chi connectivity index (χ3v) is 5.33. The van der Waals surface area contributed by atoms with Crippen LogP contribution in [-0.4, -0.2) is 25.7 Å². The molecule has 4 aromatic rings. The molecule has 0 saturated carbocycles. The number of hydrogen-bond acceptors (Lipinski definition) is 4. The summed E-state index contributed by atoms with van der Waals surface area (Å²) in [7, 11) is 0. The van der Waals surface area contributed by atoms with Crippen LogP contribution in [0.4, 0.5) is 0 Å². The molecular weight excluding hydrogens is 406 g/mol. The second-order valence-corrected chi connectivity index (χ2v) is 7.68. The second kappa shape index (κ2) is 9.49. The van der Waals surface area contributed by atoms with Crippen LogP contribution in [0.1, 0.15) is 29.3 Å². The average Bonchev–Trinajstić information content (AvgIpc) is 3.17. The second-order valence-electron chi connectivity index (χ2n) is 7.29. The van der Waals surface area contributed by atoms with Gasteiger partial charge in [0, 0.05) is 24.7 Å². The van der Waals surface area contributed by atoms with Gasteiger partial charge in [0.15, 0.2) is 10.6 Å². The van der Waals surface area contributed by atoms with Gasteiger partial charge in [-0.3, -0.25) is 19.4 Å². The maximum absolute atomic E-state index is 12.9. The molecule has 0 aliphatic rings. The molecule has 2 aromatic carbocycles. The number of carbonyl (C=O) groups is 1. The minimum Gasteiger partial charge on any atom is -0.344 e. The largest absolute Gasteiger partial charge is 0.344 e. The van der Waals surface area contributed by atoms with Crippen molar-refractivity contribution in [3.8, 4) is 11.4 Å². The summed E-state index contributed by atoms with van der Waals surface area (Å²) >= 11 is 5.40. The Morgan fingerprint density at radius 2 is 1.90 bits per heavy atom. The molecule has 0 aliphatic carbocycles. The number of aromatic nitrogens is 4. The molecule has 4 rings (SSSR count). The fourth-order valence-electron chi connectivity index (χ4n) is 3.50. The number of benzene rings is 2. The van der Waals surface area contributed by atoms with E-state index in [4.69, 9.17) is 12.2 Å². The highest BCUT2D eigenvalue weighted by molar-refractivity contribution is 7.71. The van der Waals surface area contributed by atoms with E-state index in [9.17, 15) is 4.79 Å². The summed E-state index contributed by atoms with van der Waals surface area (Å²) in [6.07, 6.45) is 2.00. The van der Waals surface area contributed by atoms with Gasteiger partial charge in [0.25, 0.3) is 0 Å². The molecule has 0 fully saturated rings. The van der Waals surface area contributed by atoms with E-state index in [1.54, 1.807) is 6.20 Å². The van der Waals surface area contributed by atoms with E-state index in [2.05, 4.69) is 20.5 Å². The fraction of sp³-hybridized carbons (Fsp3) is 0.167. The van der Waals surface area contributed by atoms with Gasteiger partial charge in [0.2, 0.25) is 5.91 Å². The first kappa shape index (κ1) is 20.7. The van der Waals surface area contributed by atoms with Crippen LogP contribution in [0.3, 0.4) is 0 Å². The van der Waals surface area contributed by atoms with Crippen molar-refractivity contribution in [3.05, 3.63) is 101 Å². The smallest absolute Gasteiger partial charge is 0.222 e. The van der Waals surface area contributed by atoms with Gasteiger partial charge in [0.05, 0.1) is 11.7 Å². The van der Waals surface area contributed by atoms with E-state index in [0.29, 0.717) is 11.3 Å². The Morgan fingerprint density at radius 1 is 1.10 bits per heavy atom. The van der Waals surface area contributed by atoms with Crippen molar-refractivity contribution in [3.63, 3.8) is 0 Å². The molecule has 0 radical (unpaired) electrons. The van der Waals surface area contributed by atoms with Gasteiger partial charge in [-0.2, -0.15) is 5.10 Å². The standard InChI is InChI=1S/C24H23N5OS/c1-17-8-7-11-19(16-17)23-27-28-24(31)29(23)15-13-21(30)26-22(18-9-3-2-4-10-18)20-12-5-6-14-25-20/h2-12,14,16,22H,13,15H2,1H3,(H,26,30)(H,28,31). The van der Waals surface area contributed by atoms with Crippen LogP contribution in [-0.2, 0) is 11.3 Å². The van der Waals surface area contributed by atoms with Crippen molar-refractivity contribution in [2.75, 3.05) is 0 Å². The lowest BCUT2D eigenvalue weighted by molar-refractivity contribution is -0.121. The number of pyridine rings is 1. The minimum absolute atomic E-state index is 0.0854. The first-order chi connectivity index (χ1) is 15.1. The lowest BCUT2D eigenvalue weighted by Crippen LogP contribution is -2.30. The molecule has 31 heavy (non-hydrogen) atoms. The Hall–Kier alpha value is -3.58. The van der Waals surface area contributed by atoms with E-state index in [-0.39, 0.29) is 18.4 Å². The predicted molar refractivity (Wildman–Crippen MR) is 123 cm³/mol. The molecule has 0 bridgehead atoms. The third kappa shape index (κ3) is 4.95. The normalized spacial score (nSPS) is 11.8. The number of aromatic amines is 1. The number of H-pyrrole nitrogens is 1. The number of rotatable bonds is 7. The third-order valence-electron chi connectivity index (χ3n) is 5.02. The number of carbonyl (C=O) groups excluding carboxylic acids is 1. The summed E-state index contributed by atoms with van der Waals surface area (Å²) in [5, 5.41) is 10.3. The van der Waals surface area contributed by atoms with Gasteiger partial charge in [-0.15, -0.1) is 0 Å². The van der Waals surface area contributed by atoms with Crippen LogP contribution >= 0.6 is 12.2 Å². The lowest BCUT2D eigenvalue weighted by Gasteiger charge is -2.19. The first-order valence-electron chi connectivity index (χ1n) is 10.1. The van der Waals surface area contributed by atoms with Crippen LogP contribution in [0.15, 0.2) is 79.0 Å². The summed E-state index contributed by atoms with van der Waals surface area (Å²) in [5.41, 5.74) is 3.87. The van der Waals surface area contributed by atoms with E-state index >= 15 is 0 Å². The number of aryl methyl sites for hydroxylation is 1. The Bertz CT molecular complexity index is 1180. The molecule has 1 atom stereocenters. The average molecular weight is 430 g/mol. The molecule has 0 aliphatic heterocycles. The number of amides is 1. The summed E-state index contributed by atoms with van der Waals surface area (Å²) in [4.78, 5) is 17.3. The molecule has 7 heteroatoms. The zero-order valence-electron chi connectivity index (χ0n) is 17.2. The summed E-state index contributed by atoms with van der Waals surface area (Å²) < 4.78 is 2.36. The molecule has 2 N–H and O–H groups in total. The van der Waals surface area contributed by atoms with Crippen molar-refractivity contribution in [1.29, 1.82) is 0 Å². The maximum atomic E-state index is 12.9. The Kier molecular flexibility index (Phi) is 6.33. The molecule has 6 nitrogen and oxygen atoms in total. The first-order valence-corrected chi connectivity index (χ1v) is 10.5. The van der Waals surface area contributed by atoms with Gasteiger partial charge in [-0.25, -0.2) is 0 Å². The lowest BCUT2D eigenvalue weighted by atomic mass is 10.0. The van der Waals surface area contributed by atoms with Crippen molar-refractivity contribution in [2.24, 2.45) is 0 Å². The van der Waals surface area contributed by atoms with Gasteiger partial charge in [0.1, 0.15) is 0 Å². The molecule has 0 saturated heterocycles. The fourth-order valence-corrected chi connectivity index (χ4v) is 3.72. The van der Waals surface area contributed by atoms with Crippen molar-refractivity contribution in [2.45, 2.75) is 25.9 Å². The zero-order valence-corrected chi connectivity index (χ0v) is 18.0. The van der Waals surface area contributed by atoms with E-state index in [1.165, 1.54) is 0 Å². The summed E-state index contributed by atoms with van der Waals surface area (Å²) in [6, 6.07) is 23.3. The van der Waals surface area contributed by atoms with Crippen LogP contribution in [0.25, 0.3) is 11.4 Å². The molecule has 1 unspecified atom stereocenters. The Morgan fingerprint density at radius 3 is 2.65 bits per heavy atom.